The number of carbonyl (C=O) groups is 3. The van der Waals surface area contributed by atoms with Crippen molar-refractivity contribution >= 4 is 18.2 Å². The molecule has 0 aromatic heterocycles. The molecule has 1 fully saturated rings. The van der Waals surface area contributed by atoms with Gasteiger partial charge in [-0.05, 0) is 25.8 Å². The van der Waals surface area contributed by atoms with Gasteiger partial charge in [-0.2, -0.15) is 0 Å². The SMILES string of the molecule is CCC[C@@H]1[C@@H](C=O)[C@@H](c2ccccc2)NC1(C(=O)OCC)C(=O)OCC. The van der Waals surface area contributed by atoms with Gasteiger partial charge >= 0.3 is 11.9 Å². The Bertz CT molecular complexity index is 612. The minimum atomic E-state index is -1.67. The fourth-order valence-electron chi connectivity index (χ4n) is 3.82. The Kier molecular flexibility index (Phi) is 6.91. The van der Waals surface area contributed by atoms with Gasteiger partial charge in [-0.15, -0.1) is 0 Å². The van der Waals surface area contributed by atoms with E-state index < -0.39 is 35.4 Å². The molecule has 0 amide bonds. The van der Waals surface area contributed by atoms with Crippen LogP contribution >= 0.6 is 0 Å². The summed E-state index contributed by atoms with van der Waals surface area (Å²) >= 11 is 0. The first-order valence-corrected chi connectivity index (χ1v) is 9.19. The average molecular weight is 361 g/mol. The molecule has 3 atom stereocenters. The first-order chi connectivity index (χ1) is 12.6. The summed E-state index contributed by atoms with van der Waals surface area (Å²) in [5, 5.41) is 3.15. The molecule has 1 N–H and O–H groups in total. The van der Waals surface area contributed by atoms with E-state index >= 15 is 0 Å². The lowest BCUT2D eigenvalue weighted by Crippen LogP contribution is -2.60. The van der Waals surface area contributed by atoms with Crippen molar-refractivity contribution in [2.45, 2.75) is 45.2 Å². The standard InChI is InChI=1S/C20H27NO5/c1-4-10-16-15(13-22)17(14-11-8-7-9-12-14)21-20(16,18(23)25-5-2)19(24)26-6-3/h7-9,11-13,15-17,21H,4-6,10H2,1-3H3/t15-,16-,17-/m1/s1. The van der Waals surface area contributed by atoms with Gasteiger partial charge in [0.15, 0.2) is 0 Å². The van der Waals surface area contributed by atoms with Gasteiger partial charge in [0.25, 0.3) is 0 Å². The summed E-state index contributed by atoms with van der Waals surface area (Å²) in [4.78, 5) is 37.8. The van der Waals surface area contributed by atoms with Crippen molar-refractivity contribution in [3.63, 3.8) is 0 Å². The van der Waals surface area contributed by atoms with Crippen LogP contribution in [0.25, 0.3) is 0 Å². The lowest BCUT2D eigenvalue weighted by Gasteiger charge is -2.31. The highest BCUT2D eigenvalue weighted by atomic mass is 16.6. The second kappa shape index (κ2) is 8.94. The fourth-order valence-corrected chi connectivity index (χ4v) is 3.82. The molecule has 0 saturated carbocycles. The normalized spacial score (nSPS) is 24.0. The Balaban J connectivity index is 2.57. The van der Waals surface area contributed by atoms with Gasteiger partial charge in [-0.1, -0.05) is 43.7 Å². The highest BCUT2D eigenvalue weighted by Crippen LogP contribution is 2.45. The number of nitrogens with one attached hydrogen (secondary N) is 1. The van der Waals surface area contributed by atoms with E-state index in [0.29, 0.717) is 6.42 Å². The molecule has 1 aliphatic heterocycles. The van der Waals surface area contributed by atoms with Crippen LogP contribution in [0.2, 0.25) is 0 Å². The van der Waals surface area contributed by atoms with Crippen LogP contribution in [0.1, 0.15) is 45.2 Å². The van der Waals surface area contributed by atoms with Gasteiger partial charge in [0.2, 0.25) is 5.54 Å². The minimum absolute atomic E-state index is 0.141. The van der Waals surface area contributed by atoms with Crippen molar-refractivity contribution in [3.05, 3.63) is 35.9 Å². The molecule has 26 heavy (non-hydrogen) atoms. The number of hydrogen-bond acceptors (Lipinski definition) is 6. The van der Waals surface area contributed by atoms with Crippen molar-refractivity contribution in [2.24, 2.45) is 11.8 Å². The van der Waals surface area contributed by atoms with Gasteiger partial charge in [-0.25, -0.2) is 9.59 Å². The third-order valence-electron chi connectivity index (χ3n) is 4.90. The third kappa shape index (κ3) is 3.51. The van der Waals surface area contributed by atoms with E-state index in [2.05, 4.69) is 5.32 Å². The Morgan fingerprint density at radius 1 is 1.08 bits per heavy atom. The van der Waals surface area contributed by atoms with E-state index in [1.165, 1.54) is 0 Å². The average Bonchev–Trinajstić information content (AvgIpc) is 2.98. The molecule has 142 valence electrons. The fraction of sp³-hybridized carbons (Fsp3) is 0.550. The van der Waals surface area contributed by atoms with Crippen LogP contribution in [0.15, 0.2) is 30.3 Å². The lowest BCUT2D eigenvalue weighted by atomic mass is 9.75. The topological polar surface area (TPSA) is 81.7 Å². The van der Waals surface area contributed by atoms with E-state index in [0.717, 1.165) is 18.3 Å². The Morgan fingerprint density at radius 2 is 1.65 bits per heavy atom. The highest BCUT2D eigenvalue weighted by molar-refractivity contribution is 6.06. The molecule has 1 heterocycles. The van der Waals surface area contributed by atoms with Gasteiger partial charge in [0, 0.05) is 17.9 Å². The third-order valence-corrected chi connectivity index (χ3v) is 4.90. The van der Waals surface area contributed by atoms with Gasteiger partial charge in [-0.3, -0.25) is 5.32 Å². The number of rotatable bonds is 8. The molecule has 6 heteroatoms. The summed E-state index contributed by atoms with van der Waals surface area (Å²) in [5.74, 6) is -2.43. The maximum atomic E-state index is 12.9. The Hall–Kier alpha value is -2.21. The zero-order valence-electron chi connectivity index (χ0n) is 15.6. The summed E-state index contributed by atoms with van der Waals surface area (Å²) in [6.45, 7) is 5.61. The summed E-state index contributed by atoms with van der Waals surface area (Å²) in [7, 11) is 0. The van der Waals surface area contributed by atoms with Crippen molar-refractivity contribution in [1.82, 2.24) is 5.32 Å². The van der Waals surface area contributed by atoms with E-state index in [-0.39, 0.29) is 13.2 Å². The molecular formula is C20H27NO5. The van der Waals surface area contributed by atoms with E-state index in [1.807, 2.05) is 37.3 Å². The van der Waals surface area contributed by atoms with Crippen LogP contribution in [0.3, 0.4) is 0 Å². The van der Waals surface area contributed by atoms with Crippen molar-refractivity contribution < 1.29 is 23.9 Å². The number of benzene rings is 1. The first kappa shape index (κ1) is 20.1. The van der Waals surface area contributed by atoms with Crippen molar-refractivity contribution in [1.29, 1.82) is 0 Å². The van der Waals surface area contributed by atoms with Crippen LogP contribution in [-0.2, 0) is 23.9 Å². The van der Waals surface area contributed by atoms with Crippen LogP contribution in [-0.4, -0.2) is 37.0 Å². The summed E-state index contributed by atoms with van der Waals surface area (Å²) in [6.07, 6.45) is 2.08. The molecule has 0 bridgehead atoms. The number of ether oxygens (including phenoxy) is 2. The van der Waals surface area contributed by atoms with Gasteiger partial charge in [0.1, 0.15) is 6.29 Å². The molecule has 6 nitrogen and oxygen atoms in total. The predicted molar refractivity (Wildman–Crippen MR) is 96.3 cm³/mol. The number of esters is 2. The van der Waals surface area contributed by atoms with E-state index in [1.54, 1.807) is 13.8 Å². The molecular weight excluding hydrogens is 334 g/mol. The molecule has 0 unspecified atom stereocenters. The number of carbonyl (C=O) groups excluding carboxylic acids is 3. The van der Waals surface area contributed by atoms with Gasteiger partial charge < -0.3 is 14.3 Å². The van der Waals surface area contributed by atoms with E-state index in [4.69, 9.17) is 9.47 Å². The monoisotopic (exact) mass is 361 g/mol. The smallest absolute Gasteiger partial charge is 0.338 e. The number of aldehydes is 1. The summed E-state index contributed by atoms with van der Waals surface area (Å²) in [6, 6.07) is 8.90. The Morgan fingerprint density at radius 3 is 2.12 bits per heavy atom. The first-order valence-electron chi connectivity index (χ1n) is 9.19. The maximum Gasteiger partial charge on any atom is 0.338 e. The molecule has 1 aliphatic rings. The second-order valence-corrected chi connectivity index (χ2v) is 6.39. The molecule has 1 aromatic carbocycles. The van der Waals surface area contributed by atoms with Crippen LogP contribution in [0, 0.1) is 11.8 Å². The van der Waals surface area contributed by atoms with Crippen LogP contribution < -0.4 is 5.32 Å². The zero-order chi connectivity index (χ0) is 19.2. The van der Waals surface area contributed by atoms with Crippen molar-refractivity contribution in [2.75, 3.05) is 13.2 Å². The second-order valence-electron chi connectivity index (χ2n) is 6.39. The highest BCUT2D eigenvalue weighted by Gasteiger charge is 2.64. The molecule has 0 radical (unpaired) electrons. The summed E-state index contributed by atoms with van der Waals surface area (Å²) in [5.41, 5.74) is -0.824. The lowest BCUT2D eigenvalue weighted by molar-refractivity contribution is -0.168. The van der Waals surface area contributed by atoms with Crippen molar-refractivity contribution in [3.8, 4) is 0 Å². The molecule has 1 saturated heterocycles. The zero-order valence-corrected chi connectivity index (χ0v) is 15.6. The van der Waals surface area contributed by atoms with Gasteiger partial charge in [0.05, 0.1) is 13.2 Å². The molecule has 2 rings (SSSR count). The number of hydrogen-bond donors (Lipinski definition) is 1. The minimum Gasteiger partial charge on any atom is -0.464 e. The maximum absolute atomic E-state index is 12.9. The van der Waals surface area contributed by atoms with E-state index in [9.17, 15) is 14.4 Å². The Labute approximate surface area is 154 Å². The van der Waals surface area contributed by atoms with Crippen LogP contribution in [0.4, 0.5) is 0 Å². The predicted octanol–water partition coefficient (Wildman–Crippen LogP) is 2.43. The molecule has 0 aliphatic carbocycles. The molecule has 0 spiro atoms. The quantitative estimate of drug-likeness (QED) is 0.435. The van der Waals surface area contributed by atoms with Crippen LogP contribution in [0.5, 0.6) is 0 Å². The molecule has 1 aromatic rings. The largest absolute Gasteiger partial charge is 0.464 e. The summed E-state index contributed by atoms with van der Waals surface area (Å²) < 4.78 is 10.5.